The normalized spacial score (nSPS) is 28.0. The van der Waals surface area contributed by atoms with Crippen molar-refractivity contribution in [3.63, 3.8) is 0 Å². The molecule has 6 nitrogen and oxygen atoms in total. The lowest BCUT2D eigenvalue weighted by molar-refractivity contribution is 0.0806. The predicted octanol–water partition coefficient (Wildman–Crippen LogP) is 4.77. The van der Waals surface area contributed by atoms with Gasteiger partial charge in [0.15, 0.2) is 11.5 Å². The molecule has 196 valence electrons. The highest BCUT2D eigenvalue weighted by atomic mass is 16.5. The van der Waals surface area contributed by atoms with Gasteiger partial charge in [-0.05, 0) is 54.4 Å². The molecule has 3 aromatic rings. The standard InChI is InChI=1S/C32H34N2O4/c1-36-28-11-10-22-19-34(15-14-32-13-12-23(35)17-29(32)38-31(28)30(22)32)20-26(27-18-33-27)21-6-5-9-25(16-21)37-24-7-3-2-4-8-24/h2-13,16,23,26-27,29,33,35H,14-15,17-20H2,1H3/t23-,26+,27?,29-,32-/m0/s1. The number of hydrogen-bond acceptors (Lipinski definition) is 6. The Morgan fingerprint density at radius 2 is 1.95 bits per heavy atom. The van der Waals surface area contributed by atoms with Crippen molar-refractivity contribution in [3.8, 4) is 23.0 Å². The molecule has 7 rings (SSSR count). The van der Waals surface area contributed by atoms with Crippen LogP contribution in [0.1, 0.15) is 35.4 Å². The Labute approximate surface area is 223 Å². The van der Waals surface area contributed by atoms with Gasteiger partial charge in [-0.25, -0.2) is 0 Å². The van der Waals surface area contributed by atoms with Crippen molar-refractivity contribution in [2.24, 2.45) is 0 Å². The molecule has 1 fully saturated rings. The van der Waals surface area contributed by atoms with E-state index in [4.69, 9.17) is 14.2 Å². The van der Waals surface area contributed by atoms with Crippen LogP contribution in [0.5, 0.6) is 23.0 Å². The summed E-state index contributed by atoms with van der Waals surface area (Å²) in [6, 6.07) is 23.2. The molecule has 5 atom stereocenters. The minimum atomic E-state index is -0.468. The highest BCUT2D eigenvalue weighted by molar-refractivity contribution is 5.61. The van der Waals surface area contributed by atoms with Gasteiger partial charge in [-0.2, -0.15) is 0 Å². The first kappa shape index (κ1) is 23.8. The van der Waals surface area contributed by atoms with Crippen LogP contribution in [0.15, 0.2) is 78.9 Å². The fourth-order valence-electron chi connectivity index (χ4n) is 6.68. The van der Waals surface area contributed by atoms with Crippen LogP contribution in [-0.4, -0.2) is 55.0 Å². The van der Waals surface area contributed by atoms with Crippen molar-refractivity contribution in [1.29, 1.82) is 0 Å². The molecule has 0 saturated carbocycles. The van der Waals surface area contributed by atoms with Gasteiger partial charge in [0.05, 0.1) is 18.6 Å². The van der Waals surface area contributed by atoms with Crippen LogP contribution in [0.25, 0.3) is 0 Å². The molecule has 0 bridgehead atoms. The van der Waals surface area contributed by atoms with Crippen molar-refractivity contribution >= 4 is 0 Å². The maximum absolute atomic E-state index is 10.4. The van der Waals surface area contributed by atoms with Crippen LogP contribution < -0.4 is 19.5 Å². The fourth-order valence-corrected chi connectivity index (χ4v) is 6.68. The maximum atomic E-state index is 10.4. The molecule has 0 radical (unpaired) electrons. The summed E-state index contributed by atoms with van der Waals surface area (Å²) >= 11 is 0. The third-order valence-corrected chi connectivity index (χ3v) is 8.68. The SMILES string of the molecule is COc1ccc2c3c1O[C@H]1C[C@@H](O)C=C[C@@]31CCN(C[C@H](c1cccc(Oc3ccccc3)c1)C1CN1)C2. The number of aliphatic hydroxyl groups is 1. The minimum absolute atomic E-state index is 0.0692. The summed E-state index contributed by atoms with van der Waals surface area (Å²) in [5.74, 6) is 3.73. The molecular weight excluding hydrogens is 476 g/mol. The third kappa shape index (κ3) is 4.17. The van der Waals surface area contributed by atoms with Gasteiger partial charge in [-0.1, -0.05) is 48.6 Å². The van der Waals surface area contributed by atoms with Gasteiger partial charge >= 0.3 is 0 Å². The zero-order valence-corrected chi connectivity index (χ0v) is 21.7. The average molecular weight is 511 g/mol. The number of nitrogens with one attached hydrogen (secondary N) is 1. The summed E-state index contributed by atoms with van der Waals surface area (Å²) in [5, 5.41) is 14.0. The lowest BCUT2D eigenvalue weighted by Crippen LogP contribution is -2.43. The van der Waals surface area contributed by atoms with Crippen LogP contribution in [0.3, 0.4) is 0 Å². The van der Waals surface area contributed by atoms with E-state index in [1.54, 1.807) is 7.11 Å². The molecule has 38 heavy (non-hydrogen) atoms. The molecule has 0 amide bonds. The Hall–Kier alpha value is -3.32. The lowest BCUT2D eigenvalue weighted by atomic mass is 9.69. The molecule has 4 aliphatic rings. The van der Waals surface area contributed by atoms with Crippen LogP contribution in [-0.2, 0) is 12.0 Å². The largest absolute Gasteiger partial charge is 0.493 e. The van der Waals surface area contributed by atoms with Gasteiger partial charge in [0.1, 0.15) is 17.6 Å². The van der Waals surface area contributed by atoms with Gasteiger partial charge in [-0.15, -0.1) is 0 Å². The average Bonchev–Trinajstić information content (AvgIpc) is 3.74. The topological polar surface area (TPSA) is 73.1 Å². The van der Waals surface area contributed by atoms with E-state index in [0.717, 1.165) is 55.6 Å². The smallest absolute Gasteiger partial charge is 0.166 e. The number of ether oxygens (including phenoxy) is 3. The van der Waals surface area contributed by atoms with Crippen LogP contribution in [0, 0.1) is 0 Å². The Bertz CT molecular complexity index is 1350. The first-order valence-electron chi connectivity index (χ1n) is 13.7. The van der Waals surface area contributed by atoms with Gasteiger partial charge in [0.25, 0.3) is 0 Å². The third-order valence-electron chi connectivity index (χ3n) is 8.68. The van der Waals surface area contributed by atoms with Crippen molar-refractivity contribution in [2.45, 2.75) is 49.0 Å². The zero-order chi connectivity index (χ0) is 25.7. The number of nitrogens with zero attached hydrogens (tertiary/aromatic N) is 1. The van der Waals surface area contributed by atoms with Gasteiger partial charge in [-0.3, -0.25) is 4.90 Å². The number of methoxy groups -OCH3 is 1. The van der Waals surface area contributed by atoms with E-state index < -0.39 is 6.10 Å². The lowest BCUT2D eigenvalue weighted by Gasteiger charge is -2.36. The first-order valence-corrected chi connectivity index (χ1v) is 13.7. The zero-order valence-electron chi connectivity index (χ0n) is 21.7. The Kier molecular flexibility index (Phi) is 5.91. The predicted molar refractivity (Wildman–Crippen MR) is 146 cm³/mol. The van der Waals surface area contributed by atoms with E-state index in [1.165, 1.54) is 16.7 Å². The van der Waals surface area contributed by atoms with Gasteiger partial charge in [0.2, 0.25) is 0 Å². The van der Waals surface area contributed by atoms with Crippen molar-refractivity contribution < 1.29 is 19.3 Å². The quantitative estimate of drug-likeness (QED) is 0.353. The molecule has 1 unspecified atom stereocenters. The molecular formula is C32H34N2O4. The van der Waals surface area contributed by atoms with Crippen LogP contribution in [0.4, 0.5) is 0 Å². The Balaban J connectivity index is 1.18. The summed E-state index contributed by atoms with van der Waals surface area (Å²) in [7, 11) is 1.70. The highest BCUT2D eigenvalue weighted by Gasteiger charge is 2.53. The molecule has 3 heterocycles. The molecule has 1 spiro atoms. The molecule has 0 aromatic heterocycles. The second-order valence-electron chi connectivity index (χ2n) is 11.0. The summed E-state index contributed by atoms with van der Waals surface area (Å²) in [4.78, 5) is 2.60. The van der Waals surface area contributed by atoms with Crippen molar-refractivity contribution in [3.05, 3.63) is 95.6 Å². The van der Waals surface area contributed by atoms with E-state index >= 15 is 0 Å². The number of aliphatic hydroxyl groups excluding tert-OH is 1. The molecule has 3 aliphatic heterocycles. The van der Waals surface area contributed by atoms with E-state index in [1.807, 2.05) is 48.5 Å². The van der Waals surface area contributed by atoms with Crippen LogP contribution >= 0.6 is 0 Å². The summed E-state index contributed by atoms with van der Waals surface area (Å²) in [6.07, 6.45) is 5.20. The number of hydrogen-bond donors (Lipinski definition) is 2. The molecule has 3 aromatic carbocycles. The fraction of sp³-hybridized carbons (Fsp3) is 0.375. The van der Waals surface area contributed by atoms with Gasteiger partial charge < -0.3 is 24.6 Å². The van der Waals surface area contributed by atoms with E-state index in [9.17, 15) is 5.11 Å². The first-order chi connectivity index (χ1) is 18.6. The monoisotopic (exact) mass is 510 g/mol. The van der Waals surface area contributed by atoms with E-state index in [-0.39, 0.29) is 11.5 Å². The summed E-state index contributed by atoms with van der Waals surface area (Å²) in [5.41, 5.74) is 3.64. The maximum Gasteiger partial charge on any atom is 0.166 e. The highest BCUT2D eigenvalue weighted by Crippen LogP contribution is 2.55. The summed E-state index contributed by atoms with van der Waals surface area (Å²) < 4.78 is 18.3. The molecule has 1 saturated heterocycles. The van der Waals surface area contributed by atoms with Crippen molar-refractivity contribution in [1.82, 2.24) is 10.2 Å². The van der Waals surface area contributed by atoms with Gasteiger partial charge in [0, 0.05) is 43.6 Å². The van der Waals surface area contributed by atoms with E-state index in [0.29, 0.717) is 18.4 Å². The molecule has 1 aliphatic carbocycles. The Morgan fingerprint density at radius 3 is 2.76 bits per heavy atom. The number of rotatable bonds is 7. The van der Waals surface area contributed by atoms with E-state index in [2.05, 4.69) is 40.6 Å². The second kappa shape index (κ2) is 9.45. The van der Waals surface area contributed by atoms with Crippen molar-refractivity contribution in [2.75, 3.05) is 26.7 Å². The number of benzene rings is 3. The molecule has 2 N–H and O–H groups in total. The minimum Gasteiger partial charge on any atom is -0.493 e. The summed E-state index contributed by atoms with van der Waals surface area (Å²) in [6.45, 7) is 3.83. The Morgan fingerprint density at radius 1 is 1.11 bits per heavy atom. The second-order valence-corrected chi connectivity index (χ2v) is 11.0. The van der Waals surface area contributed by atoms with Crippen LogP contribution in [0.2, 0.25) is 0 Å². The number of para-hydroxylation sites is 1. The molecule has 6 heteroatoms.